The van der Waals surface area contributed by atoms with E-state index in [0.29, 0.717) is 12.4 Å². The fraction of sp³-hybridized carbons (Fsp3) is 0.312. The molecule has 6 heteroatoms. The van der Waals surface area contributed by atoms with Crippen LogP contribution in [0.4, 0.5) is 5.82 Å². The molecule has 2 aromatic heterocycles. The van der Waals surface area contributed by atoms with E-state index in [2.05, 4.69) is 14.9 Å². The van der Waals surface area contributed by atoms with E-state index in [1.54, 1.807) is 18.5 Å². The summed E-state index contributed by atoms with van der Waals surface area (Å²) in [4.78, 5) is 21.2. The number of hydrogen-bond acceptors (Lipinski definition) is 5. The van der Waals surface area contributed by atoms with Gasteiger partial charge in [-0.05, 0) is 36.2 Å². The zero-order valence-corrected chi connectivity index (χ0v) is 12.1. The van der Waals surface area contributed by atoms with Crippen molar-refractivity contribution >= 4 is 11.8 Å². The maximum atomic E-state index is 11.0. The van der Waals surface area contributed by atoms with Crippen LogP contribution in [0.1, 0.15) is 22.5 Å². The number of carbonyl (C=O) groups is 1. The number of aromatic nitrogens is 2. The minimum atomic E-state index is -1.01. The Hall–Kier alpha value is -2.47. The van der Waals surface area contributed by atoms with Crippen molar-refractivity contribution in [3.05, 3.63) is 54.0 Å². The van der Waals surface area contributed by atoms with Gasteiger partial charge in [-0.3, -0.25) is 4.98 Å². The normalized spacial score (nSPS) is 17.6. The van der Waals surface area contributed by atoms with Crippen molar-refractivity contribution in [2.45, 2.75) is 19.1 Å². The van der Waals surface area contributed by atoms with Crippen LogP contribution in [0.15, 0.2) is 42.7 Å². The first-order valence-corrected chi connectivity index (χ1v) is 7.18. The van der Waals surface area contributed by atoms with Crippen molar-refractivity contribution in [1.82, 2.24) is 9.97 Å². The molecule has 3 rings (SSSR count). The number of carboxylic acid groups (broad SMARTS) is 1. The summed E-state index contributed by atoms with van der Waals surface area (Å²) < 4.78 is 5.90. The van der Waals surface area contributed by atoms with Crippen LogP contribution in [-0.2, 0) is 11.3 Å². The van der Waals surface area contributed by atoms with Crippen LogP contribution in [0.25, 0.3) is 0 Å². The maximum absolute atomic E-state index is 11.0. The number of nitrogens with zero attached hydrogens (tertiary/aromatic N) is 3. The lowest BCUT2D eigenvalue weighted by Gasteiger charge is -2.18. The zero-order chi connectivity index (χ0) is 15.4. The Morgan fingerprint density at radius 2 is 2.14 bits per heavy atom. The van der Waals surface area contributed by atoms with Crippen LogP contribution in [0, 0.1) is 0 Å². The van der Waals surface area contributed by atoms with Gasteiger partial charge in [-0.2, -0.15) is 0 Å². The highest BCUT2D eigenvalue weighted by molar-refractivity contribution is 5.85. The van der Waals surface area contributed by atoms with Gasteiger partial charge in [0, 0.05) is 25.5 Å². The molecule has 1 N–H and O–H groups in total. The van der Waals surface area contributed by atoms with Crippen molar-refractivity contribution in [2.75, 3.05) is 18.0 Å². The Labute approximate surface area is 128 Å². The summed E-state index contributed by atoms with van der Waals surface area (Å²) in [6, 6.07) is 8.92. The van der Waals surface area contributed by atoms with Gasteiger partial charge >= 0.3 is 5.97 Å². The molecule has 1 fully saturated rings. The van der Waals surface area contributed by atoms with Crippen molar-refractivity contribution in [3.63, 3.8) is 0 Å². The summed E-state index contributed by atoms with van der Waals surface area (Å²) >= 11 is 0. The number of hydrogen-bond donors (Lipinski definition) is 1. The molecule has 0 amide bonds. The molecule has 0 aromatic carbocycles. The van der Waals surface area contributed by atoms with E-state index in [1.165, 1.54) is 6.07 Å². The van der Waals surface area contributed by atoms with Gasteiger partial charge in [0.2, 0.25) is 0 Å². The van der Waals surface area contributed by atoms with Gasteiger partial charge in [-0.25, -0.2) is 9.78 Å². The average molecular weight is 299 g/mol. The SMILES string of the molecule is O=C(O)c1cccc(N2CCC(OCc3ccncc3)C2)n1. The van der Waals surface area contributed by atoms with E-state index >= 15 is 0 Å². The van der Waals surface area contributed by atoms with E-state index < -0.39 is 5.97 Å². The summed E-state index contributed by atoms with van der Waals surface area (Å²) in [6.45, 7) is 2.10. The third-order valence-corrected chi connectivity index (χ3v) is 3.66. The first kappa shape index (κ1) is 14.5. The van der Waals surface area contributed by atoms with E-state index in [0.717, 1.165) is 25.1 Å². The number of pyridine rings is 2. The second-order valence-corrected chi connectivity index (χ2v) is 5.21. The smallest absolute Gasteiger partial charge is 0.354 e. The van der Waals surface area contributed by atoms with Gasteiger partial charge in [-0.15, -0.1) is 0 Å². The molecule has 0 aliphatic carbocycles. The number of ether oxygens (including phenoxy) is 1. The van der Waals surface area contributed by atoms with Crippen molar-refractivity contribution in [3.8, 4) is 0 Å². The predicted molar refractivity (Wildman–Crippen MR) is 80.8 cm³/mol. The van der Waals surface area contributed by atoms with E-state index in [9.17, 15) is 4.79 Å². The monoisotopic (exact) mass is 299 g/mol. The van der Waals surface area contributed by atoms with Gasteiger partial charge in [0.25, 0.3) is 0 Å². The molecule has 1 atom stereocenters. The summed E-state index contributed by atoms with van der Waals surface area (Å²) in [5.41, 5.74) is 1.16. The van der Waals surface area contributed by atoms with Gasteiger partial charge in [0.1, 0.15) is 5.82 Å². The molecule has 1 aliphatic rings. The van der Waals surface area contributed by atoms with Crippen LogP contribution < -0.4 is 4.90 Å². The minimum absolute atomic E-state index is 0.0682. The molecule has 22 heavy (non-hydrogen) atoms. The molecule has 0 spiro atoms. The summed E-state index contributed by atoms with van der Waals surface area (Å²) in [5, 5.41) is 9.00. The molecule has 1 saturated heterocycles. The summed E-state index contributed by atoms with van der Waals surface area (Å²) in [7, 11) is 0. The molecule has 6 nitrogen and oxygen atoms in total. The van der Waals surface area contributed by atoms with E-state index in [-0.39, 0.29) is 11.8 Å². The molecule has 1 unspecified atom stereocenters. The summed E-state index contributed by atoms with van der Waals surface area (Å²) in [5.74, 6) is -0.318. The first-order valence-electron chi connectivity index (χ1n) is 7.18. The average Bonchev–Trinajstić information content (AvgIpc) is 3.03. The number of carboxylic acids is 1. The lowest BCUT2D eigenvalue weighted by molar-refractivity contribution is 0.0553. The predicted octanol–water partition coefficient (Wildman–Crippen LogP) is 1.97. The lowest BCUT2D eigenvalue weighted by atomic mass is 10.3. The van der Waals surface area contributed by atoms with E-state index in [4.69, 9.17) is 9.84 Å². The summed E-state index contributed by atoms with van der Waals surface area (Å²) in [6.07, 6.45) is 4.54. The zero-order valence-electron chi connectivity index (χ0n) is 12.1. The fourth-order valence-electron chi connectivity index (χ4n) is 2.48. The Kier molecular flexibility index (Phi) is 4.29. The third-order valence-electron chi connectivity index (χ3n) is 3.66. The lowest BCUT2D eigenvalue weighted by Crippen LogP contribution is -2.24. The number of aromatic carboxylic acids is 1. The van der Waals surface area contributed by atoms with E-state index in [1.807, 2.05) is 18.2 Å². The Morgan fingerprint density at radius 3 is 2.91 bits per heavy atom. The van der Waals surface area contributed by atoms with Gasteiger partial charge in [0.05, 0.1) is 12.7 Å². The number of anilines is 1. The number of rotatable bonds is 5. The molecule has 114 valence electrons. The van der Waals surface area contributed by atoms with Crippen molar-refractivity contribution in [1.29, 1.82) is 0 Å². The van der Waals surface area contributed by atoms with Crippen molar-refractivity contribution < 1.29 is 14.6 Å². The second-order valence-electron chi connectivity index (χ2n) is 5.21. The highest BCUT2D eigenvalue weighted by Crippen LogP contribution is 2.21. The van der Waals surface area contributed by atoms with Crippen LogP contribution in [0.2, 0.25) is 0 Å². The first-order chi connectivity index (χ1) is 10.7. The topological polar surface area (TPSA) is 75.5 Å². The molecule has 0 radical (unpaired) electrons. The van der Waals surface area contributed by atoms with Gasteiger partial charge < -0.3 is 14.7 Å². The van der Waals surface area contributed by atoms with Crippen LogP contribution in [-0.4, -0.2) is 40.2 Å². The van der Waals surface area contributed by atoms with Gasteiger partial charge in [-0.1, -0.05) is 6.07 Å². The van der Waals surface area contributed by atoms with Crippen LogP contribution in [0.3, 0.4) is 0 Å². The van der Waals surface area contributed by atoms with Crippen LogP contribution in [0.5, 0.6) is 0 Å². The highest BCUT2D eigenvalue weighted by Gasteiger charge is 2.24. The fourth-order valence-corrected chi connectivity index (χ4v) is 2.48. The molecular weight excluding hydrogens is 282 g/mol. The molecular formula is C16H17N3O3. The third kappa shape index (κ3) is 3.40. The van der Waals surface area contributed by atoms with Crippen LogP contribution >= 0.6 is 0 Å². The largest absolute Gasteiger partial charge is 0.477 e. The van der Waals surface area contributed by atoms with Crippen molar-refractivity contribution in [2.24, 2.45) is 0 Å². The molecule has 2 aromatic rings. The maximum Gasteiger partial charge on any atom is 0.354 e. The second kappa shape index (κ2) is 6.53. The highest BCUT2D eigenvalue weighted by atomic mass is 16.5. The Morgan fingerprint density at radius 1 is 1.32 bits per heavy atom. The molecule has 3 heterocycles. The molecule has 0 bridgehead atoms. The minimum Gasteiger partial charge on any atom is -0.477 e. The standard InChI is InChI=1S/C16H17N3O3/c20-16(21)14-2-1-3-15(18-14)19-9-6-13(10-19)22-11-12-4-7-17-8-5-12/h1-5,7-8,13H,6,9-11H2,(H,20,21). The quantitative estimate of drug-likeness (QED) is 0.909. The molecule has 0 saturated carbocycles. The Bertz CT molecular complexity index is 648. The van der Waals surface area contributed by atoms with Gasteiger partial charge in [0.15, 0.2) is 5.69 Å². The Balaban J connectivity index is 1.58. The molecule has 1 aliphatic heterocycles.